The third-order valence-corrected chi connectivity index (χ3v) is 2.09. The molecule has 1 aromatic rings. The Morgan fingerprint density at radius 2 is 2.15 bits per heavy atom. The van der Waals surface area contributed by atoms with Gasteiger partial charge in [-0.25, -0.2) is 12.8 Å². The molecule has 0 atom stereocenters. The average molecular weight is 199 g/mol. The minimum atomic E-state index is -2.63. The third kappa shape index (κ3) is 2.53. The van der Waals surface area contributed by atoms with Crippen molar-refractivity contribution < 1.29 is 12.8 Å². The largest absolute Gasteiger partial charge is 0.232 e. The molecule has 1 rings (SSSR count). The Labute approximate surface area is 76.4 Å². The first-order valence-electron chi connectivity index (χ1n) is 3.44. The smallest absolute Gasteiger partial charge is 0.144 e. The molecule has 0 fully saturated rings. The first kappa shape index (κ1) is 9.68. The van der Waals surface area contributed by atoms with Crippen LogP contribution in [0.4, 0.5) is 4.39 Å². The maximum absolute atomic E-state index is 12.6. The number of nitrogens with zero attached hydrogens (tertiary/aromatic N) is 1. The summed E-state index contributed by atoms with van der Waals surface area (Å²) in [6.45, 7) is 0. The van der Waals surface area contributed by atoms with Gasteiger partial charge in [-0.3, -0.25) is 0 Å². The Kier molecular flexibility index (Phi) is 2.98. The van der Waals surface area contributed by atoms with Crippen LogP contribution >= 0.6 is 0 Å². The van der Waals surface area contributed by atoms with Crippen molar-refractivity contribution in [3.05, 3.63) is 35.1 Å². The third-order valence-electron chi connectivity index (χ3n) is 1.49. The van der Waals surface area contributed by atoms with Crippen molar-refractivity contribution in [3.63, 3.8) is 0 Å². The van der Waals surface area contributed by atoms with Gasteiger partial charge in [0, 0.05) is 0 Å². The molecule has 0 aliphatic rings. The molecule has 0 spiro atoms. The molecule has 0 amide bonds. The van der Waals surface area contributed by atoms with Crippen LogP contribution in [0.25, 0.3) is 0 Å². The molecule has 3 nitrogen and oxygen atoms in total. The molecule has 0 saturated heterocycles. The zero-order chi connectivity index (χ0) is 9.84. The Morgan fingerprint density at radius 1 is 1.46 bits per heavy atom. The minimum Gasteiger partial charge on any atom is -0.232 e. The van der Waals surface area contributed by atoms with Gasteiger partial charge in [-0.2, -0.15) is 5.26 Å². The van der Waals surface area contributed by atoms with Gasteiger partial charge in [-0.1, -0.05) is 0 Å². The minimum absolute atomic E-state index is 0.195. The van der Waals surface area contributed by atoms with E-state index in [-0.39, 0.29) is 16.9 Å². The SMILES string of the molecule is N#Cc1ccc(F)cc1C[SH](=O)=O. The van der Waals surface area contributed by atoms with Crippen molar-refractivity contribution in [1.29, 1.82) is 5.26 Å². The number of benzene rings is 1. The molecule has 0 radical (unpaired) electrons. The van der Waals surface area contributed by atoms with Crippen molar-refractivity contribution in [1.82, 2.24) is 0 Å². The number of hydrogen-bond donors (Lipinski definition) is 1. The van der Waals surface area contributed by atoms with Crippen molar-refractivity contribution in [3.8, 4) is 6.07 Å². The lowest BCUT2D eigenvalue weighted by atomic mass is 10.1. The molecule has 0 N–H and O–H groups in total. The van der Waals surface area contributed by atoms with E-state index in [1.807, 2.05) is 0 Å². The topological polar surface area (TPSA) is 57.9 Å². The van der Waals surface area contributed by atoms with Crippen LogP contribution in [0.3, 0.4) is 0 Å². The summed E-state index contributed by atoms with van der Waals surface area (Å²) in [4.78, 5) is 0. The summed E-state index contributed by atoms with van der Waals surface area (Å²) in [7, 11) is -2.63. The van der Waals surface area contributed by atoms with Gasteiger partial charge in [-0.05, 0) is 23.8 Å². The molecular formula is C8H6FNO2S. The van der Waals surface area contributed by atoms with Crippen LogP contribution in [0.1, 0.15) is 11.1 Å². The first-order chi connectivity index (χ1) is 6.13. The standard InChI is InChI=1S/C8H6FNO2S/c9-8-2-1-6(4-10)7(3-8)5-13(11)12/h1-3,13H,5H2. The second-order valence-corrected chi connectivity index (χ2v) is 3.39. The lowest BCUT2D eigenvalue weighted by molar-refractivity contribution is 0.612. The highest BCUT2D eigenvalue weighted by Gasteiger charge is 2.04. The van der Waals surface area contributed by atoms with Crippen molar-refractivity contribution >= 4 is 10.7 Å². The summed E-state index contributed by atoms with van der Waals surface area (Å²) in [5.41, 5.74) is 0.402. The van der Waals surface area contributed by atoms with Gasteiger partial charge < -0.3 is 0 Å². The van der Waals surface area contributed by atoms with E-state index < -0.39 is 16.5 Å². The Bertz CT molecular complexity index is 426. The molecule has 68 valence electrons. The van der Waals surface area contributed by atoms with Crippen LogP contribution in [-0.2, 0) is 16.5 Å². The first-order valence-corrected chi connectivity index (χ1v) is 4.80. The maximum Gasteiger partial charge on any atom is 0.144 e. The predicted molar refractivity (Wildman–Crippen MR) is 45.1 cm³/mol. The fourth-order valence-corrected chi connectivity index (χ4v) is 1.48. The highest BCUT2D eigenvalue weighted by molar-refractivity contribution is 7.71. The van der Waals surface area contributed by atoms with E-state index in [1.165, 1.54) is 6.07 Å². The van der Waals surface area contributed by atoms with Crippen LogP contribution < -0.4 is 0 Å². The van der Waals surface area contributed by atoms with Crippen LogP contribution in [0, 0.1) is 17.1 Å². The summed E-state index contributed by atoms with van der Waals surface area (Å²) >= 11 is 0. The van der Waals surface area contributed by atoms with Gasteiger partial charge in [0.2, 0.25) is 0 Å². The van der Waals surface area contributed by atoms with E-state index >= 15 is 0 Å². The van der Waals surface area contributed by atoms with Crippen molar-refractivity contribution in [2.45, 2.75) is 5.75 Å². The molecule has 0 aliphatic carbocycles. The van der Waals surface area contributed by atoms with E-state index in [9.17, 15) is 12.8 Å². The molecule has 13 heavy (non-hydrogen) atoms. The number of rotatable bonds is 2. The predicted octanol–water partition coefficient (Wildman–Crippen LogP) is 0.809. The zero-order valence-electron chi connectivity index (χ0n) is 6.53. The summed E-state index contributed by atoms with van der Waals surface area (Å²) in [6.07, 6.45) is 0. The van der Waals surface area contributed by atoms with E-state index in [0.29, 0.717) is 0 Å². The fraction of sp³-hybridized carbons (Fsp3) is 0.125. The molecule has 0 saturated carbocycles. The van der Waals surface area contributed by atoms with E-state index in [1.54, 1.807) is 6.07 Å². The fourth-order valence-electron chi connectivity index (χ4n) is 0.941. The second kappa shape index (κ2) is 4.01. The van der Waals surface area contributed by atoms with Crippen LogP contribution in [-0.4, -0.2) is 8.42 Å². The van der Waals surface area contributed by atoms with Gasteiger partial charge in [-0.15, -0.1) is 0 Å². The van der Waals surface area contributed by atoms with E-state index in [0.717, 1.165) is 12.1 Å². The van der Waals surface area contributed by atoms with Crippen LogP contribution in [0.15, 0.2) is 18.2 Å². The average Bonchev–Trinajstić information content (AvgIpc) is 2.03. The molecule has 5 heteroatoms. The molecular weight excluding hydrogens is 193 g/mol. The Morgan fingerprint density at radius 3 is 2.69 bits per heavy atom. The summed E-state index contributed by atoms with van der Waals surface area (Å²) in [5.74, 6) is -0.832. The highest BCUT2D eigenvalue weighted by atomic mass is 32.2. The Balaban J connectivity index is 3.17. The number of thiol groups is 1. The molecule has 0 unspecified atom stereocenters. The highest BCUT2D eigenvalue weighted by Crippen LogP contribution is 2.11. The summed E-state index contributed by atoms with van der Waals surface area (Å²) in [5, 5.41) is 8.55. The van der Waals surface area contributed by atoms with Crippen molar-refractivity contribution in [2.24, 2.45) is 0 Å². The lowest BCUT2D eigenvalue weighted by Crippen LogP contribution is -1.92. The summed E-state index contributed by atoms with van der Waals surface area (Å²) < 4.78 is 33.3. The van der Waals surface area contributed by atoms with Crippen molar-refractivity contribution in [2.75, 3.05) is 0 Å². The molecule has 1 aromatic carbocycles. The quantitative estimate of drug-likeness (QED) is 0.717. The summed E-state index contributed by atoms with van der Waals surface area (Å²) in [6, 6.07) is 5.25. The van der Waals surface area contributed by atoms with E-state index in [2.05, 4.69) is 0 Å². The zero-order valence-corrected chi connectivity index (χ0v) is 7.42. The maximum atomic E-state index is 12.6. The van der Waals surface area contributed by atoms with Gasteiger partial charge >= 0.3 is 0 Å². The number of halogens is 1. The van der Waals surface area contributed by atoms with Gasteiger partial charge in [0.1, 0.15) is 16.5 Å². The van der Waals surface area contributed by atoms with Crippen LogP contribution in [0.2, 0.25) is 0 Å². The second-order valence-electron chi connectivity index (χ2n) is 2.40. The Hall–Kier alpha value is -1.41. The monoisotopic (exact) mass is 199 g/mol. The van der Waals surface area contributed by atoms with Gasteiger partial charge in [0.05, 0.1) is 17.4 Å². The number of nitriles is 1. The normalized spacial score (nSPS) is 9.92. The van der Waals surface area contributed by atoms with E-state index in [4.69, 9.17) is 5.26 Å². The molecule has 0 bridgehead atoms. The number of hydrogen-bond acceptors (Lipinski definition) is 3. The van der Waals surface area contributed by atoms with Gasteiger partial charge in [0.25, 0.3) is 0 Å². The van der Waals surface area contributed by atoms with Gasteiger partial charge in [0.15, 0.2) is 0 Å². The molecule has 0 heterocycles. The molecule has 0 aliphatic heterocycles. The molecule has 0 aromatic heterocycles. The lowest BCUT2D eigenvalue weighted by Gasteiger charge is -1.98. The van der Waals surface area contributed by atoms with Crippen LogP contribution in [0.5, 0.6) is 0 Å².